The smallest absolute Gasteiger partial charge is 0.251 e. The fourth-order valence-corrected chi connectivity index (χ4v) is 4.76. The number of benzene rings is 1. The number of nitrogens with zero attached hydrogens (tertiary/aromatic N) is 2. The van der Waals surface area contributed by atoms with Crippen molar-refractivity contribution in [3.05, 3.63) is 29.8 Å². The van der Waals surface area contributed by atoms with E-state index in [4.69, 9.17) is 5.73 Å². The van der Waals surface area contributed by atoms with Crippen LogP contribution in [0.2, 0.25) is 0 Å². The Morgan fingerprint density at radius 3 is 2.41 bits per heavy atom. The van der Waals surface area contributed by atoms with E-state index in [2.05, 4.69) is 5.32 Å². The Bertz CT molecular complexity index is 650. The van der Waals surface area contributed by atoms with E-state index in [1.54, 1.807) is 11.8 Å². The molecule has 1 atom stereocenters. The monoisotopic (exact) mass is 390 g/mol. The number of thioether (sulfide) groups is 1. The zero-order chi connectivity index (χ0) is 19.4. The molecule has 0 spiro atoms. The second-order valence-electron chi connectivity index (χ2n) is 7.69. The van der Waals surface area contributed by atoms with Crippen molar-refractivity contribution in [3.8, 4) is 0 Å². The van der Waals surface area contributed by atoms with Crippen molar-refractivity contribution in [2.75, 3.05) is 37.2 Å². The van der Waals surface area contributed by atoms with Crippen molar-refractivity contribution < 1.29 is 9.59 Å². The molecule has 1 aromatic carbocycles. The van der Waals surface area contributed by atoms with E-state index in [-0.39, 0.29) is 23.8 Å². The van der Waals surface area contributed by atoms with Crippen LogP contribution in [-0.2, 0) is 4.79 Å². The minimum Gasteiger partial charge on any atom is -0.378 e. The van der Waals surface area contributed by atoms with Crippen LogP contribution in [0.25, 0.3) is 0 Å². The minimum atomic E-state index is -0.404. The lowest BCUT2D eigenvalue weighted by molar-refractivity contribution is -0.132. The molecule has 0 aromatic heterocycles. The van der Waals surface area contributed by atoms with Gasteiger partial charge in [0.1, 0.15) is 0 Å². The highest BCUT2D eigenvalue weighted by Gasteiger charge is 2.33. The average Bonchev–Trinajstić information content (AvgIpc) is 3.22. The Labute approximate surface area is 165 Å². The molecule has 2 amide bonds. The highest BCUT2D eigenvalue weighted by atomic mass is 32.2. The van der Waals surface area contributed by atoms with E-state index in [0.717, 1.165) is 49.5 Å². The van der Waals surface area contributed by atoms with E-state index in [1.807, 2.05) is 48.2 Å². The van der Waals surface area contributed by atoms with Gasteiger partial charge in [0.2, 0.25) is 5.91 Å². The molecule has 6 nitrogen and oxygen atoms in total. The molecule has 0 radical (unpaired) electrons. The summed E-state index contributed by atoms with van der Waals surface area (Å²) in [7, 11) is 3.96. The highest BCUT2D eigenvalue weighted by Crippen LogP contribution is 2.28. The third kappa shape index (κ3) is 4.96. The van der Waals surface area contributed by atoms with Crippen molar-refractivity contribution in [1.29, 1.82) is 0 Å². The van der Waals surface area contributed by atoms with Crippen LogP contribution in [-0.4, -0.2) is 61.1 Å². The van der Waals surface area contributed by atoms with Gasteiger partial charge >= 0.3 is 0 Å². The van der Waals surface area contributed by atoms with Gasteiger partial charge < -0.3 is 20.9 Å². The first-order chi connectivity index (χ1) is 13.0. The quantitative estimate of drug-likeness (QED) is 0.803. The molecular formula is C20H30N4O2S. The lowest BCUT2D eigenvalue weighted by Crippen LogP contribution is -2.49. The summed E-state index contributed by atoms with van der Waals surface area (Å²) in [6.07, 6.45) is 3.53. The Hall–Kier alpha value is -1.73. The second kappa shape index (κ2) is 8.97. The second-order valence-corrected chi connectivity index (χ2v) is 8.77. The van der Waals surface area contributed by atoms with E-state index in [0.29, 0.717) is 5.56 Å². The maximum Gasteiger partial charge on any atom is 0.251 e. The van der Waals surface area contributed by atoms with Crippen LogP contribution < -0.4 is 16.0 Å². The first kappa shape index (κ1) is 20.0. The number of nitrogens with two attached hydrogens (primary N) is 1. The van der Waals surface area contributed by atoms with Crippen LogP contribution in [0, 0.1) is 5.92 Å². The largest absolute Gasteiger partial charge is 0.378 e. The molecule has 3 rings (SSSR count). The van der Waals surface area contributed by atoms with Gasteiger partial charge in [0.25, 0.3) is 5.91 Å². The fourth-order valence-electron chi connectivity index (χ4n) is 3.80. The lowest BCUT2D eigenvalue weighted by atomic mass is 9.81. The van der Waals surface area contributed by atoms with Gasteiger partial charge in [-0.15, -0.1) is 11.8 Å². The van der Waals surface area contributed by atoms with E-state index < -0.39 is 6.04 Å². The fraction of sp³-hybridized carbons (Fsp3) is 0.600. The van der Waals surface area contributed by atoms with Crippen LogP contribution >= 0.6 is 11.8 Å². The maximum absolute atomic E-state index is 12.5. The molecule has 1 aliphatic heterocycles. The molecule has 27 heavy (non-hydrogen) atoms. The number of carbonyl (C=O) groups is 2. The third-order valence-electron chi connectivity index (χ3n) is 5.61. The summed E-state index contributed by atoms with van der Waals surface area (Å²) < 4.78 is 0. The molecule has 1 aliphatic carbocycles. The zero-order valence-corrected chi connectivity index (χ0v) is 17.0. The zero-order valence-electron chi connectivity index (χ0n) is 16.2. The van der Waals surface area contributed by atoms with E-state index >= 15 is 0 Å². The van der Waals surface area contributed by atoms with Crippen LogP contribution in [0.4, 0.5) is 5.69 Å². The van der Waals surface area contributed by atoms with Gasteiger partial charge in [-0.25, -0.2) is 0 Å². The van der Waals surface area contributed by atoms with Gasteiger partial charge in [0.15, 0.2) is 0 Å². The number of hydrogen-bond acceptors (Lipinski definition) is 5. The molecule has 1 saturated carbocycles. The predicted molar refractivity (Wildman–Crippen MR) is 111 cm³/mol. The van der Waals surface area contributed by atoms with Crippen LogP contribution in [0.1, 0.15) is 36.0 Å². The first-order valence-electron chi connectivity index (χ1n) is 9.66. The van der Waals surface area contributed by atoms with Gasteiger partial charge in [-0.05, 0) is 55.9 Å². The summed E-state index contributed by atoms with van der Waals surface area (Å²) >= 11 is 1.78. The Balaban J connectivity index is 1.47. The number of rotatable bonds is 5. The summed E-state index contributed by atoms with van der Waals surface area (Å²) in [6, 6.07) is 7.38. The van der Waals surface area contributed by atoms with Crippen molar-refractivity contribution in [3.63, 3.8) is 0 Å². The van der Waals surface area contributed by atoms with Crippen molar-refractivity contribution in [2.45, 2.75) is 37.8 Å². The van der Waals surface area contributed by atoms with Crippen LogP contribution in [0.3, 0.4) is 0 Å². The van der Waals surface area contributed by atoms with Gasteiger partial charge in [-0.3, -0.25) is 9.59 Å². The van der Waals surface area contributed by atoms with Gasteiger partial charge in [-0.2, -0.15) is 0 Å². The predicted octanol–water partition coefficient (Wildman–Crippen LogP) is 1.90. The van der Waals surface area contributed by atoms with E-state index in [9.17, 15) is 9.59 Å². The molecule has 1 saturated heterocycles. The van der Waals surface area contributed by atoms with Crippen LogP contribution in [0.15, 0.2) is 24.3 Å². The average molecular weight is 391 g/mol. The van der Waals surface area contributed by atoms with Crippen molar-refractivity contribution in [2.24, 2.45) is 11.7 Å². The molecular weight excluding hydrogens is 360 g/mol. The minimum absolute atomic E-state index is 0.0294. The summed E-state index contributed by atoms with van der Waals surface area (Å²) in [4.78, 5) is 28.8. The molecule has 1 aromatic rings. The summed E-state index contributed by atoms with van der Waals surface area (Å²) in [5.74, 6) is 2.06. The standard InChI is InChI=1S/C20H30N4O2S/c1-23(2)17-9-5-15(6-10-17)19(25)22-16-7-3-14(4-8-16)18(21)20(26)24-11-12-27-13-24/h5-6,9-10,14,16,18H,3-4,7-8,11-13,21H2,1-2H3,(H,22,25). The molecule has 3 N–H and O–H groups in total. The Morgan fingerprint density at radius 2 is 1.85 bits per heavy atom. The molecule has 1 unspecified atom stereocenters. The Morgan fingerprint density at radius 1 is 1.19 bits per heavy atom. The summed E-state index contributed by atoms with van der Waals surface area (Å²) in [5, 5.41) is 3.14. The van der Waals surface area contributed by atoms with Gasteiger partial charge in [-0.1, -0.05) is 0 Å². The van der Waals surface area contributed by atoms with Gasteiger partial charge in [0, 0.05) is 43.7 Å². The first-order valence-corrected chi connectivity index (χ1v) is 10.8. The third-order valence-corrected chi connectivity index (χ3v) is 6.58. The number of anilines is 1. The lowest BCUT2D eigenvalue weighted by Gasteiger charge is -2.33. The molecule has 7 heteroatoms. The van der Waals surface area contributed by atoms with Gasteiger partial charge in [0.05, 0.1) is 11.9 Å². The topological polar surface area (TPSA) is 78.7 Å². The Kier molecular flexibility index (Phi) is 6.65. The van der Waals surface area contributed by atoms with E-state index in [1.165, 1.54) is 0 Å². The molecule has 1 heterocycles. The maximum atomic E-state index is 12.5. The van der Waals surface area contributed by atoms with Crippen molar-refractivity contribution in [1.82, 2.24) is 10.2 Å². The molecule has 2 fully saturated rings. The SMILES string of the molecule is CN(C)c1ccc(C(=O)NC2CCC(C(N)C(=O)N3CCSC3)CC2)cc1. The summed E-state index contributed by atoms with van der Waals surface area (Å²) in [5.41, 5.74) is 8.01. The number of carbonyl (C=O) groups excluding carboxylic acids is 2. The highest BCUT2D eigenvalue weighted by molar-refractivity contribution is 7.99. The molecule has 2 aliphatic rings. The number of nitrogens with one attached hydrogen (secondary N) is 1. The number of hydrogen-bond donors (Lipinski definition) is 2. The number of amides is 2. The van der Waals surface area contributed by atoms with Crippen LogP contribution in [0.5, 0.6) is 0 Å². The summed E-state index contributed by atoms with van der Waals surface area (Å²) in [6.45, 7) is 0.815. The van der Waals surface area contributed by atoms with Crippen molar-refractivity contribution >= 4 is 29.3 Å². The molecule has 0 bridgehead atoms. The molecule has 148 valence electrons. The normalized spacial score (nSPS) is 23.7.